The monoisotopic (exact) mass is 446 g/mol. The van der Waals surface area contributed by atoms with Gasteiger partial charge >= 0.3 is 12.0 Å². The summed E-state index contributed by atoms with van der Waals surface area (Å²) in [5, 5.41) is 10.4. The number of amides is 3. The number of benzene rings is 1. The van der Waals surface area contributed by atoms with Crippen molar-refractivity contribution in [3.63, 3.8) is 0 Å². The topological polar surface area (TPSA) is 102 Å². The first-order chi connectivity index (χ1) is 14.4. The number of rotatable bonds is 7. The maximum Gasteiger partial charge on any atom is 0.348 e. The lowest BCUT2D eigenvalue weighted by molar-refractivity contribution is -0.123. The highest BCUT2D eigenvalue weighted by atomic mass is 35.5. The summed E-state index contributed by atoms with van der Waals surface area (Å²) in [6.07, 6.45) is 1.47. The summed E-state index contributed by atoms with van der Waals surface area (Å²) in [7, 11) is 0. The molecule has 0 saturated carbocycles. The number of carbonyl (C=O) groups excluding carboxylic acids is 3. The number of urea groups is 1. The fourth-order valence-corrected chi connectivity index (χ4v) is 3.93. The van der Waals surface area contributed by atoms with Gasteiger partial charge in [-0.15, -0.1) is 17.9 Å². The standard InChI is InChI=1S/C20H19ClN4O4S/c1-3-8-22-20(28)23-17(26)11-29-19(27)16-9-14-12(2)24-25(18(14)30-16)10-13-6-4-5-7-15(13)21/h3-7,9H,1,8,10-11H2,2H3,(H2,22,23,26,28). The van der Waals surface area contributed by atoms with Crippen LogP contribution in [-0.2, 0) is 16.1 Å². The van der Waals surface area contributed by atoms with Gasteiger partial charge in [-0.25, -0.2) is 9.59 Å². The molecule has 0 unspecified atom stereocenters. The fraction of sp³-hybridized carbons (Fsp3) is 0.200. The van der Waals surface area contributed by atoms with Crippen molar-refractivity contribution >= 4 is 51.1 Å². The summed E-state index contributed by atoms with van der Waals surface area (Å²) in [4.78, 5) is 36.6. The molecule has 3 aromatic rings. The Morgan fingerprint density at radius 1 is 1.33 bits per heavy atom. The fourth-order valence-electron chi connectivity index (χ4n) is 2.68. The summed E-state index contributed by atoms with van der Waals surface area (Å²) in [6, 6.07) is 8.47. The molecule has 0 aliphatic carbocycles. The van der Waals surface area contributed by atoms with Crippen molar-refractivity contribution in [3.8, 4) is 0 Å². The first kappa shape index (κ1) is 21.5. The van der Waals surface area contributed by atoms with Crippen molar-refractivity contribution in [1.29, 1.82) is 0 Å². The minimum absolute atomic E-state index is 0.214. The van der Waals surface area contributed by atoms with E-state index in [9.17, 15) is 14.4 Å². The molecular weight excluding hydrogens is 428 g/mol. The summed E-state index contributed by atoms with van der Waals surface area (Å²) < 4.78 is 6.80. The molecular formula is C20H19ClN4O4S. The van der Waals surface area contributed by atoms with Crippen LogP contribution in [0.5, 0.6) is 0 Å². The Hall–Kier alpha value is -3.17. The number of halogens is 1. The zero-order valence-corrected chi connectivity index (χ0v) is 17.7. The van der Waals surface area contributed by atoms with Crippen LogP contribution in [0.1, 0.15) is 20.9 Å². The first-order valence-electron chi connectivity index (χ1n) is 8.95. The highest BCUT2D eigenvalue weighted by Gasteiger charge is 2.19. The van der Waals surface area contributed by atoms with Crippen molar-refractivity contribution in [2.45, 2.75) is 13.5 Å². The molecule has 0 fully saturated rings. The number of nitrogens with one attached hydrogen (secondary N) is 2. The molecule has 156 valence electrons. The van der Waals surface area contributed by atoms with Crippen LogP contribution >= 0.6 is 22.9 Å². The van der Waals surface area contributed by atoms with Crippen LogP contribution in [0.25, 0.3) is 10.2 Å². The van der Waals surface area contributed by atoms with Crippen LogP contribution in [-0.4, -0.2) is 40.8 Å². The van der Waals surface area contributed by atoms with Crippen LogP contribution in [0.15, 0.2) is 43.0 Å². The van der Waals surface area contributed by atoms with Gasteiger partial charge in [-0.3, -0.25) is 14.8 Å². The summed E-state index contributed by atoms with van der Waals surface area (Å²) in [5.74, 6) is -1.38. The van der Waals surface area contributed by atoms with E-state index in [-0.39, 0.29) is 6.54 Å². The Bertz CT molecular complexity index is 1120. The third-order valence-electron chi connectivity index (χ3n) is 4.08. The Kier molecular flexibility index (Phi) is 6.86. The molecule has 2 N–H and O–H groups in total. The number of aromatic nitrogens is 2. The maximum atomic E-state index is 12.4. The molecule has 0 spiro atoms. The van der Waals surface area contributed by atoms with E-state index in [1.54, 1.807) is 10.7 Å². The number of carbonyl (C=O) groups is 3. The van der Waals surface area contributed by atoms with E-state index >= 15 is 0 Å². The molecule has 0 aliphatic rings. The number of ether oxygens (including phenoxy) is 1. The molecule has 0 saturated heterocycles. The molecule has 0 bridgehead atoms. The van der Waals surface area contributed by atoms with E-state index in [0.717, 1.165) is 21.5 Å². The highest BCUT2D eigenvalue weighted by Crippen LogP contribution is 2.30. The van der Waals surface area contributed by atoms with Gasteiger partial charge in [-0.05, 0) is 24.6 Å². The number of esters is 1. The Balaban J connectivity index is 1.67. The Morgan fingerprint density at radius 3 is 2.83 bits per heavy atom. The maximum absolute atomic E-state index is 12.4. The van der Waals surface area contributed by atoms with Gasteiger partial charge in [-0.1, -0.05) is 35.9 Å². The first-order valence-corrected chi connectivity index (χ1v) is 10.1. The predicted molar refractivity (Wildman–Crippen MR) is 115 cm³/mol. The van der Waals surface area contributed by atoms with Crippen molar-refractivity contribution in [2.75, 3.05) is 13.2 Å². The summed E-state index contributed by atoms with van der Waals surface area (Å²) in [5.41, 5.74) is 1.68. The lowest BCUT2D eigenvalue weighted by atomic mass is 10.2. The van der Waals surface area contributed by atoms with E-state index in [2.05, 4.69) is 22.3 Å². The lowest BCUT2D eigenvalue weighted by Gasteiger charge is -2.06. The zero-order chi connectivity index (χ0) is 21.7. The second-order valence-corrected chi connectivity index (χ2v) is 7.72. The second kappa shape index (κ2) is 9.55. The molecule has 3 amide bonds. The molecule has 1 aromatic carbocycles. The molecule has 8 nitrogen and oxygen atoms in total. The van der Waals surface area contributed by atoms with Crippen LogP contribution < -0.4 is 10.6 Å². The van der Waals surface area contributed by atoms with Gasteiger partial charge in [-0.2, -0.15) is 5.10 Å². The van der Waals surface area contributed by atoms with Crippen LogP contribution in [0.3, 0.4) is 0 Å². The van der Waals surface area contributed by atoms with E-state index in [1.165, 1.54) is 17.4 Å². The summed E-state index contributed by atoms with van der Waals surface area (Å²) >= 11 is 7.46. The predicted octanol–water partition coefficient (Wildman–Crippen LogP) is 3.28. The SMILES string of the molecule is C=CCNC(=O)NC(=O)COC(=O)c1cc2c(C)nn(Cc3ccccc3Cl)c2s1. The molecule has 0 radical (unpaired) electrons. The third kappa shape index (κ3) is 5.05. The Morgan fingerprint density at radius 2 is 2.10 bits per heavy atom. The average Bonchev–Trinajstić information content (AvgIpc) is 3.27. The van der Waals surface area contributed by atoms with Gasteiger partial charge in [0.05, 0.1) is 12.2 Å². The van der Waals surface area contributed by atoms with Crippen LogP contribution in [0.2, 0.25) is 5.02 Å². The lowest BCUT2D eigenvalue weighted by Crippen LogP contribution is -2.41. The average molecular weight is 447 g/mol. The van der Waals surface area contributed by atoms with E-state index in [4.69, 9.17) is 16.3 Å². The molecule has 30 heavy (non-hydrogen) atoms. The van der Waals surface area contributed by atoms with Gasteiger partial charge < -0.3 is 10.1 Å². The number of imide groups is 1. The molecule has 0 aliphatic heterocycles. The Labute approximate surface area is 181 Å². The van der Waals surface area contributed by atoms with Gasteiger partial charge in [0, 0.05) is 17.0 Å². The zero-order valence-electron chi connectivity index (χ0n) is 16.1. The largest absolute Gasteiger partial charge is 0.451 e. The molecule has 2 heterocycles. The van der Waals surface area contributed by atoms with Crippen LogP contribution in [0, 0.1) is 6.92 Å². The van der Waals surface area contributed by atoms with E-state index < -0.39 is 24.5 Å². The minimum Gasteiger partial charge on any atom is -0.451 e. The minimum atomic E-state index is -0.730. The molecule has 10 heteroatoms. The van der Waals surface area contributed by atoms with E-state index in [1.807, 2.05) is 31.2 Å². The normalized spacial score (nSPS) is 10.6. The quantitative estimate of drug-likeness (QED) is 0.428. The number of fused-ring (bicyclic) bond motifs is 1. The number of hydrogen-bond donors (Lipinski definition) is 2. The van der Waals surface area contributed by atoms with Crippen LogP contribution in [0.4, 0.5) is 4.79 Å². The number of hydrogen-bond acceptors (Lipinski definition) is 6. The molecule has 0 atom stereocenters. The van der Waals surface area contributed by atoms with Crippen molar-refractivity contribution in [3.05, 3.63) is 64.1 Å². The van der Waals surface area contributed by atoms with Crippen molar-refractivity contribution in [2.24, 2.45) is 0 Å². The second-order valence-electron chi connectivity index (χ2n) is 6.29. The van der Waals surface area contributed by atoms with Gasteiger partial charge in [0.15, 0.2) is 6.61 Å². The van der Waals surface area contributed by atoms with E-state index in [0.29, 0.717) is 16.4 Å². The number of nitrogens with zero attached hydrogens (tertiary/aromatic N) is 2. The van der Waals surface area contributed by atoms with Crippen molar-refractivity contribution < 1.29 is 19.1 Å². The third-order valence-corrected chi connectivity index (χ3v) is 5.58. The molecule has 2 aromatic heterocycles. The number of thiophene rings is 1. The highest BCUT2D eigenvalue weighted by molar-refractivity contribution is 7.20. The van der Waals surface area contributed by atoms with Gasteiger partial charge in [0.1, 0.15) is 9.71 Å². The van der Waals surface area contributed by atoms with Crippen molar-refractivity contribution in [1.82, 2.24) is 20.4 Å². The molecule has 3 rings (SSSR count). The van der Waals surface area contributed by atoms with Gasteiger partial charge in [0.25, 0.3) is 5.91 Å². The summed E-state index contributed by atoms with van der Waals surface area (Å²) in [6.45, 7) is 5.40. The smallest absolute Gasteiger partial charge is 0.348 e. The number of aryl methyl sites for hydroxylation is 1. The van der Waals surface area contributed by atoms with Gasteiger partial charge in [0.2, 0.25) is 0 Å².